The smallest absolute Gasteiger partial charge is 0.265 e. The van der Waals surface area contributed by atoms with Crippen molar-refractivity contribution in [2.24, 2.45) is 7.05 Å². The van der Waals surface area contributed by atoms with E-state index in [1.54, 1.807) is 0 Å². The lowest BCUT2D eigenvalue weighted by molar-refractivity contribution is -0.134. The maximum absolute atomic E-state index is 13.0. The van der Waals surface area contributed by atoms with Gasteiger partial charge in [-0.1, -0.05) is 19.1 Å². The van der Waals surface area contributed by atoms with Crippen molar-refractivity contribution >= 4 is 72.3 Å². The largest absolute Gasteiger partial charge is 0.489 e. The minimum atomic E-state index is -0.393. The number of nitrogens with one attached hydrogen (secondary N) is 2. The van der Waals surface area contributed by atoms with E-state index in [9.17, 15) is 14.4 Å². The molecule has 4 aliphatic heterocycles. The van der Waals surface area contributed by atoms with Crippen molar-refractivity contribution in [3.8, 4) is 17.0 Å². The second-order valence-corrected chi connectivity index (χ2v) is 17.3. The average Bonchev–Trinajstić information content (AvgIpc) is 3.76. The van der Waals surface area contributed by atoms with Crippen molar-refractivity contribution in [2.75, 3.05) is 81.9 Å². The first-order valence-corrected chi connectivity index (χ1v) is 21.8. The third-order valence-corrected chi connectivity index (χ3v) is 13.9. The van der Waals surface area contributed by atoms with Gasteiger partial charge in [0.15, 0.2) is 5.75 Å². The maximum Gasteiger partial charge on any atom is 0.265 e. The number of aryl methyl sites for hydroxylation is 1. The van der Waals surface area contributed by atoms with Gasteiger partial charge >= 0.3 is 0 Å². The predicted molar refractivity (Wildman–Crippen MR) is 233 cm³/mol. The van der Waals surface area contributed by atoms with Crippen molar-refractivity contribution in [2.45, 2.75) is 38.1 Å². The van der Waals surface area contributed by atoms with E-state index in [2.05, 4.69) is 97.8 Å². The Hall–Kier alpha value is -5.57. The molecule has 304 valence electrons. The highest BCUT2D eigenvalue weighted by molar-refractivity contribution is 7.21. The van der Waals surface area contributed by atoms with E-state index in [1.165, 1.54) is 22.7 Å². The van der Waals surface area contributed by atoms with Gasteiger partial charge in [0.05, 0.1) is 34.4 Å². The second kappa shape index (κ2) is 15.6. The number of piperazine rings is 2. The molecule has 0 aliphatic carbocycles. The number of amides is 3. The number of imide groups is 1. The summed E-state index contributed by atoms with van der Waals surface area (Å²) in [5.74, 6) is -0.222. The van der Waals surface area contributed by atoms with Crippen LogP contribution in [-0.4, -0.2) is 120 Å². The fourth-order valence-corrected chi connectivity index (χ4v) is 10.3. The Balaban J connectivity index is 0.715. The van der Waals surface area contributed by atoms with Crippen LogP contribution in [0.4, 0.5) is 11.4 Å². The first kappa shape index (κ1) is 37.7. The van der Waals surface area contributed by atoms with Gasteiger partial charge in [0.25, 0.3) is 5.91 Å². The Kier molecular flexibility index (Phi) is 9.93. The van der Waals surface area contributed by atoms with Crippen molar-refractivity contribution in [3.05, 3.63) is 77.3 Å². The van der Waals surface area contributed by atoms with Gasteiger partial charge in [-0.2, -0.15) is 5.10 Å². The van der Waals surface area contributed by atoms with Gasteiger partial charge in [-0.25, -0.2) is 4.98 Å². The molecule has 0 bridgehead atoms. The molecule has 7 heterocycles. The molecule has 2 atom stereocenters. The molecular weight excluding hydrogens is 763 g/mol. The van der Waals surface area contributed by atoms with E-state index in [0.717, 1.165) is 121 Å². The topological polar surface area (TPSA) is 128 Å². The number of carbonyl (C=O) groups is 3. The van der Waals surface area contributed by atoms with Crippen molar-refractivity contribution < 1.29 is 19.1 Å². The number of pyridine rings is 1. The zero-order valence-electron chi connectivity index (χ0n) is 33.6. The van der Waals surface area contributed by atoms with Gasteiger partial charge < -0.3 is 19.9 Å². The van der Waals surface area contributed by atoms with E-state index in [1.807, 2.05) is 17.8 Å². The number of hydrogen-bond donors (Lipinski definition) is 2. The predicted octanol–water partition coefficient (Wildman–Crippen LogP) is 5.37. The Morgan fingerprint density at radius 2 is 1.51 bits per heavy atom. The Labute approximate surface area is 346 Å². The molecule has 0 saturated carbocycles. The molecule has 0 spiro atoms. The number of rotatable bonds is 8. The summed E-state index contributed by atoms with van der Waals surface area (Å²) in [5, 5.41) is 13.3. The molecule has 3 amide bonds. The van der Waals surface area contributed by atoms with Gasteiger partial charge in [-0.3, -0.25) is 34.2 Å². The van der Waals surface area contributed by atoms with Crippen molar-refractivity contribution in [3.63, 3.8) is 0 Å². The first-order valence-electron chi connectivity index (χ1n) is 20.9. The van der Waals surface area contributed by atoms with Crippen LogP contribution in [-0.2, 0) is 16.6 Å². The van der Waals surface area contributed by atoms with Crippen LogP contribution in [0.1, 0.15) is 47.5 Å². The summed E-state index contributed by atoms with van der Waals surface area (Å²) in [6.45, 7) is 12.8. The number of hydrogen-bond acceptors (Lipinski definition) is 11. The van der Waals surface area contributed by atoms with Crippen LogP contribution in [0.5, 0.6) is 5.75 Å². The van der Waals surface area contributed by atoms with Crippen LogP contribution < -0.4 is 25.2 Å². The summed E-state index contributed by atoms with van der Waals surface area (Å²) < 4.78 is 9.14. The number of piperidine rings is 1. The molecule has 59 heavy (non-hydrogen) atoms. The highest BCUT2D eigenvalue weighted by atomic mass is 32.1. The maximum atomic E-state index is 13.0. The molecule has 0 radical (unpaired) electrons. The lowest BCUT2D eigenvalue weighted by Gasteiger charge is -2.39. The van der Waals surface area contributed by atoms with Crippen molar-refractivity contribution in [1.82, 2.24) is 35.2 Å². The van der Waals surface area contributed by atoms with Crippen LogP contribution in [0, 0.1) is 0 Å². The van der Waals surface area contributed by atoms with Crippen molar-refractivity contribution in [1.29, 1.82) is 0 Å². The van der Waals surface area contributed by atoms with Crippen LogP contribution >= 0.6 is 11.3 Å². The molecule has 10 rings (SSSR count). The molecule has 3 aromatic heterocycles. The molecular formula is C45H49N9O4S. The molecule has 14 heteroatoms. The van der Waals surface area contributed by atoms with Crippen LogP contribution in [0.25, 0.3) is 43.1 Å². The van der Waals surface area contributed by atoms with E-state index in [4.69, 9.17) is 14.8 Å². The molecule has 3 aromatic carbocycles. The van der Waals surface area contributed by atoms with E-state index < -0.39 is 5.92 Å². The minimum Gasteiger partial charge on any atom is -0.489 e. The third kappa shape index (κ3) is 7.16. The SMILES string of the molecule is CC[C@@H]1COc2c(sc3ccc4nc(-c5ccc(N6CCN(CCN7CCN(c8ccc9c(C%10CCC(=O)NC%10=O)nn(C)c9c8)CC7)CC6)cc5)ccc4c23)C(=O)N1. The standard InChI is InChI=1S/C45H49N9O4S/c1-3-29-27-58-42-40-32-10-12-35(47-36(32)13-14-38(40)59-43(42)45(57)46-29)28-4-6-30(7-5-28)53-22-18-51(19-23-53)16-17-52-20-24-54(25-21-52)31-8-9-33-37(26-31)50(2)49-41(33)34-11-15-39(55)48-44(34)56/h4-10,12-14,26,29,34H,3,11,15-25,27H2,1-2H3,(H,46,57)(H,48,55,56)/t29-,34?/m1/s1. The molecule has 1 unspecified atom stereocenters. The molecule has 13 nitrogen and oxygen atoms in total. The summed E-state index contributed by atoms with van der Waals surface area (Å²) in [4.78, 5) is 53.0. The number of ether oxygens (including phenoxy) is 1. The summed E-state index contributed by atoms with van der Waals surface area (Å²) in [5.41, 5.74) is 7.09. The second-order valence-electron chi connectivity index (χ2n) is 16.3. The van der Waals surface area contributed by atoms with E-state index in [-0.39, 0.29) is 23.8 Å². The third-order valence-electron chi connectivity index (χ3n) is 12.7. The van der Waals surface area contributed by atoms with Gasteiger partial charge in [-0.05, 0) is 67.4 Å². The first-order chi connectivity index (χ1) is 28.8. The van der Waals surface area contributed by atoms with Gasteiger partial charge in [0, 0.05) is 117 Å². The van der Waals surface area contributed by atoms with Gasteiger partial charge in [0.1, 0.15) is 11.5 Å². The summed E-state index contributed by atoms with van der Waals surface area (Å²) in [6.07, 6.45) is 1.67. The lowest BCUT2D eigenvalue weighted by atomic mass is 9.93. The average molecular weight is 812 g/mol. The van der Waals surface area contributed by atoms with Crippen LogP contribution in [0.3, 0.4) is 0 Å². The molecule has 3 saturated heterocycles. The number of thiophene rings is 1. The quantitative estimate of drug-likeness (QED) is 0.194. The van der Waals surface area contributed by atoms with Crippen LogP contribution in [0.15, 0.2) is 66.7 Å². The summed E-state index contributed by atoms with van der Waals surface area (Å²) in [7, 11) is 1.93. The fourth-order valence-electron chi connectivity index (χ4n) is 9.18. The molecule has 3 fully saturated rings. The zero-order valence-corrected chi connectivity index (χ0v) is 34.4. The highest BCUT2D eigenvalue weighted by Crippen LogP contribution is 2.43. The van der Waals surface area contributed by atoms with Crippen LogP contribution in [0.2, 0.25) is 0 Å². The number of aromatic nitrogens is 3. The molecule has 4 aliphatic rings. The molecule has 6 aromatic rings. The normalized spacial score (nSPS) is 20.8. The van der Waals surface area contributed by atoms with E-state index >= 15 is 0 Å². The number of fused-ring (bicyclic) bond motifs is 6. The Morgan fingerprint density at radius 3 is 2.22 bits per heavy atom. The summed E-state index contributed by atoms with van der Waals surface area (Å²) in [6, 6.07) is 23.5. The number of benzene rings is 3. The van der Waals surface area contributed by atoms with E-state index in [0.29, 0.717) is 30.1 Å². The number of carbonyl (C=O) groups excluding carboxylic acids is 3. The fraction of sp³-hybridized carbons (Fsp3) is 0.400. The number of anilines is 2. The Morgan fingerprint density at radius 1 is 0.814 bits per heavy atom. The molecule has 2 N–H and O–H groups in total. The zero-order chi connectivity index (χ0) is 40.2. The van der Waals surface area contributed by atoms with Gasteiger partial charge in [-0.15, -0.1) is 11.3 Å². The minimum absolute atomic E-state index is 0.0120. The summed E-state index contributed by atoms with van der Waals surface area (Å²) >= 11 is 1.49. The lowest BCUT2D eigenvalue weighted by Crippen LogP contribution is -2.51. The Bertz CT molecular complexity index is 2590. The highest BCUT2D eigenvalue weighted by Gasteiger charge is 2.32. The number of nitrogens with zero attached hydrogens (tertiary/aromatic N) is 7. The monoisotopic (exact) mass is 811 g/mol. The van der Waals surface area contributed by atoms with Gasteiger partial charge in [0.2, 0.25) is 11.8 Å².